The van der Waals surface area contributed by atoms with Crippen LogP contribution in [0.15, 0.2) is 10.6 Å². The molecule has 6 nitrogen and oxygen atoms in total. The molecule has 0 bridgehead atoms. The standard InChI is InChI=1S/C12H16FN5O/c1-4-14-12-16-5-9(13)11(18-12)15-6-10-17-7(2)8(3)19-10/h5H,4,6H2,1-3H3,(H2,14,15,16,18). The number of halogens is 1. The molecule has 2 heterocycles. The lowest BCUT2D eigenvalue weighted by atomic mass is 10.4. The summed E-state index contributed by atoms with van der Waals surface area (Å²) in [5.41, 5.74) is 0.827. The maximum atomic E-state index is 13.5. The van der Waals surface area contributed by atoms with Crippen LogP contribution in [0.25, 0.3) is 0 Å². The van der Waals surface area contributed by atoms with E-state index in [2.05, 4.69) is 25.6 Å². The van der Waals surface area contributed by atoms with E-state index in [1.54, 1.807) is 0 Å². The highest BCUT2D eigenvalue weighted by molar-refractivity contribution is 5.40. The summed E-state index contributed by atoms with van der Waals surface area (Å²) in [5.74, 6) is 1.25. The first-order chi connectivity index (χ1) is 9.10. The number of anilines is 2. The smallest absolute Gasteiger partial charge is 0.224 e. The van der Waals surface area contributed by atoms with Crippen LogP contribution >= 0.6 is 0 Å². The van der Waals surface area contributed by atoms with Crippen molar-refractivity contribution in [3.8, 4) is 0 Å². The van der Waals surface area contributed by atoms with Crippen molar-refractivity contribution in [2.75, 3.05) is 17.2 Å². The third kappa shape index (κ3) is 3.18. The van der Waals surface area contributed by atoms with E-state index in [0.717, 1.165) is 17.7 Å². The first-order valence-corrected chi connectivity index (χ1v) is 6.03. The molecule has 0 radical (unpaired) electrons. The molecule has 0 aliphatic rings. The second-order valence-electron chi connectivity index (χ2n) is 4.02. The van der Waals surface area contributed by atoms with Gasteiger partial charge in [0.2, 0.25) is 11.8 Å². The van der Waals surface area contributed by atoms with Crippen molar-refractivity contribution < 1.29 is 8.81 Å². The minimum absolute atomic E-state index is 0.124. The van der Waals surface area contributed by atoms with Crippen LogP contribution < -0.4 is 10.6 Å². The molecule has 0 saturated heterocycles. The summed E-state index contributed by atoms with van der Waals surface area (Å²) in [6, 6.07) is 0. The maximum absolute atomic E-state index is 13.5. The van der Waals surface area contributed by atoms with Gasteiger partial charge >= 0.3 is 0 Å². The molecule has 102 valence electrons. The van der Waals surface area contributed by atoms with E-state index in [1.807, 2.05) is 20.8 Å². The molecule has 2 aromatic rings. The number of aromatic nitrogens is 3. The van der Waals surface area contributed by atoms with Gasteiger partial charge in [-0.25, -0.2) is 14.4 Å². The predicted octanol–water partition coefficient (Wildman–Crippen LogP) is 2.26. The molecule has 0 spiro atoms. The average Bonchev–Trinajstić information content (AvgIpc) is 2.70. The molecule has 0 unspecified atom stereocenters. The molecular formula is C12H16FN5O. The third-order valence-corrected chi connectivity index (χ3v) is 2.56. The molecule has 7 heteroatoms. The number of hydrogen-bond donors (Lipinski definition) is 2. The number of aryl methyl sites for hydroxylation is 2. The Morgan fingerprint density at radius 1 is 1.26 bits per heavy atom. The summed E-state index contributed by atoms with van der Waals surface area (Å²) in [7, 11) is 0. The van der Waals surface area contributed by atoms with E-state index in [9.17, 15) is 4.39 Å². The monoisotopic (exact) mass is 265 g/mol. The highest BCUT2D eigenvalue weighted by Crippen LogP contribution is 2.14. The van der Waals surface area contributed by atoms with Crippen LogP contribution in [0.4, 0.5) is 16.2 Å². The molecule has 0 aliphatic heterocycles. The molecule has 0 atom stereocenters. The predicted molar refractivity (Wildman–Crippen MR) is 69.5 cm³/mol. The van der Waals surface area contributed by atoms with Gasteiger partial charge in [-0.15, -0.1) is 0 Å². The zero-order valence-electron chi connectivity index (χ0n) is 11.1. The van der Waals surface area contributed by atoms with Crippen LogP contribution in [-0.4, -0.2) is 21.5 Å². The van der Waals surface area contributed by atoms with Gasteiger partial charge in [-0.2, -0.15) is 4.98 Å². The highest BCUT2D eigenvalue weighted by Gasteiger charge is 2.09. The van der Waals surface area contributed by atoms with Gasteiger partial charge in [0, 0.05) is 6.54 Å². The molecule has 0 aromatic carbocycles. The Morgan fingerprint density at radius 2 is 2.05 bits per heavy atom. The Labute approximate surface area is 110 Å². The van der Waals surface area contributed by atoms with Crippen molar-refractivity contribution in [2.45, 2.75) is 27.3 Å². The average molecular weight is 265 g/mol. The van der Waals surface area contributed by atoms with E-state index in [0.29, 0.717) is 18.4 Å². The number of oxazole rings is 1. The lowest BCUT2D eigenvalue weighted by molar-refractivity contribution is 0.477. The number of rotatable bonds is 5. The molecule has 2 N–H and O–H groups in total. The molecule has 2 rings (SSSR count). The van der Waals surface area contributed by atoms with Gasteiger partial charge in [0.25, 0.3) is 0 Å². The maximum Gasteiger partial charge on any atom is 0.224 e. The van der Waals surface area contributed by atoms with E-state index in [4.69, 9.17) is 4.42 Å². The first kappa shape index (κ1) is 13.3. The van der Waals surface area contributed by atoms with Gasteiger partial charge in [-0.05, 0) is 20.8 Å². The minimum Gasteiger partial charge on any atom is -0.444 e. The van der Waals surface area contributed by atoms with Gasteiger partial charge < -0.3 is 15.1 Å². The Kier molecular flexibility index (Phi) is 3.94. The van der Waals surface area contributed by atoms with Crippen LogP contribution in [0.3, 0.4) is 0 Å². The molecule has 2 aromatic heterocycles. The number of nitrogens with one attached hydrogen (secondary N) is 2. The topological polar surface area (TPSA) is 75.9 Å². The zero-order chi connectivity index (χ0) is 13.8. The van der Waals surface area contributed by atoms with E-state index < -0.39 is 5.82 Å². The zero-order valence-corrected chi connectivity index (χ0v) is 11.1. The fourth-order valence-electron chi connectivity index (χ4n) is 1.51. The normalized spacial score (nSPS) is 10.5. The van der Waals surface area contributed by atoms with Crippen molar-refractivity contribution in [3.05, 3.63) is 29.4 Å². The fourth-order valence-corrected chi connectivity index (χ4v) is 1.51. The highest BCUT2D eigenvalue weighted by atomic mass is 19.1. The van der Waals surface area contributed by atoms with Gasteiger partial charge in [0.1, 0.15) is 5.76 Å². The Hall–Kier alpha value is -2.18. The quantitative estimate of drug-likeness (QED) is 0.863. The molecule has 19 heavy (non-hydrogen) atoms. The second kappa shape index (κ2) is 5.64. The Balaban J connectivity index is 2.07. The molecule has 0 amide bonds. The minimum atomic E-state index is -0.512. The summed E-state index contributed by atoms with van der Waals surface area (Å²) in [6.45, 7) is 6.55. The van der Waals surface area contributed by atoms with Crippen molar-refractivity contribution in [1.29, 1.82) is 0 Å². The van der Waals surface area contributed by atoms with E-state index in [-0.39, 0.29) is 12.4 Å². The van der Waals surface area contributed by atoms with Crippen molar-refractivity contribution >= 4 is 11.8 Å². The van der Waals surface area contributed by atoms with Gasteiger partial charge in [0.15, 0.2) is 11.6 Å². The largest absolute Gasteiger partial charge is 0.444 e. The van der Waals surface area contributed by atoms with Crippen LogP contribution in [0.2, 0.25) is 0 Å². The summed E-state index contributed by atoms with van der Waals surface area (Å²) in [6.07, 6.45) is 1.12. The number of nitrogens with zero attached hydrogens (tertiary/aromatic N) is 3. The summed E-state index contributed by atoms with van der Waals surface area (Å²) < 4.78 is 18.9. The van der Waals surface area contributed by atoms with Gasteiger partial charge in [0.05, 0.1) is 18.4 Å². The summed E-state index contributed by atoms with van der Waals surface area (Å²) >= 11 is 0. The van der Waals surface area contributed by atoms with Crippen LogP contribution in [0, 0.1) is 19.7 Å². The molecule has 0 aliphatic carbocycles. The van der Waals surface area contributed by atoms with Crippen molar-refractivity contribution in [3.63, 3.8) is 0 Å². The molecule has 0 saturated carbocycles. The Bertz CT molecular complexity index is 550. The first-order valence-electron chi connectivity index (χ1n) is 6.03. The molecule has 0 fully saturated rings. The van der Waals surface area contributed by atoms with Crippen LogP contribution in [-0.2, 0) is 6.54 Å². The Morgan fingerprint density at radius 3 is 2.68 bits per heavy atom. The van der Waals surface area contributed by atoms with Crippen molar-refractivity contribution in [2.24, 2.45) is 0 Å². The van der Waals surface area contributed by atoms with Gasteiger partial charge in [-0.1, -0.05) is 0 Å². The third-order valence-electron chi connectivity index (χ3n) is 2.56. The van der Waals surface area contributed by atoms with E-state index in [1.165, 1.54) is 0 Å². The van der Waals surface area contributed by atoms with E-state index >= 15 is 0 Å². The second-order valence-corrected chi connectivity index (χ2v) is 4.02. The summed E-state index contributed by atoms with van der Waals surface area (Å²) in [5, 5.41) is 5.76. The fraction of sp³-hybridized carbons (Fsp3) is 0.417. The lowest BCUT2D eigenvalue weighted by Crippen LogP contribution is -2.08. The van der Waals surface area contributed by atoms with Crippen molar-refractivity contribution in [1.82, 2.24) is 15.0 Å². The van der Waals surface area contributed by atoms with Crippen LogP contribution in [0.1, 0.15) is 24.3 Å². The van der Waals surface area contributed by atoms with Crippen LogP contribution in [0.5, 0.6) is 0 Å². The lowest BCUT2D eigenvalue weighted by Gasteiger charge is -2.06. The number of hydrogen-bond acceptors (Lipinski definition) is 6. The molecular weight excluding hydrogens is 249 g/mol. The SMILES string of the molecule is CCNc1ncc(F)c(NCc2nc(C)c(C)o2)n1. The summed E-state index contributed by atoms with van der Waals surface area (Å²) in [4.78, 5) is 12.1. The van der Waals surface area contributed by atoms with Gasteiger partial charge in [-0.3, -0.25) is 0 Å².